The van der Waals surface area contributed by atoms with Crippen LogP contribution in [0.15, 0.2) is 30.3 Å². The molecule has 1 aromatic heterocycles. The van der Waals surface area contributed by atoms with Crippen LogP contribution in [0.1, 0.15) is 81.7 Å². The standard InChI is InChI=1S/C28H34ClF3N2O3/c1-18(21-8-7-19(22(29)17-21)11-14-25(36)37-27(2,3)4)23(35)12-9-20-10-13-24(28(30,31)32)33-26(20)34-15-5-6-16-34/h7-8,10,13,17-18H,5-6,9,11-12,14-16H2,1-4H3. The van der Waals surface area contributed by atoms with Crippen molar-refractivity contribution in [3.63, 3.8) is 0 Å². The fourth-order valence-electron chi connectivity index (χ4n) is 4.36. The lowest BCUT2D eigenvalue weighted by Crippen LogP contribution is -2.24. The number of benzene rings is 1. The van der Waals surface area contributed by atoms with Crippen molar-refractivity contribution in [1.29, 1.82) is 0 Å². The zero-order chi connectivity index (χ0) is 27.4. The Labute approximate surface area is 221 Å². The Hall–Kier alpha value is -2.61. The highest BCUT2D eigenvalue weighted by molar-refractivity contribution is 6.31. The number of Topliss-reactive ketones (excluding diaryl/α,β-unsaturated/α-hetero) is 1. The van der Waals surface area contributed by atoms with E-state index in [0.717, 1.165) is 30.0 Å². The smallest absolute Gasteiger partial charge is 0.433 e. The molecule has 0 saturated carbocycles. The van der Waals surface area contributed by atoms with Crippen molar-refractivity contribution in [3.8, 4) is 0 Å². The van der Waals surface area contributed by atoms with Crippen LogP contribution in [0.3, 0.4) is 0 Å². The molecule has 1 unspecified atom stereocenters. The average Bonchev–Trinajstić information content (AvgIpc) is 3.34. The molecule has 2 aromatic rings. The van der Waals surface area contributed by atoms with Crippen LogP contribution in [-0.4, -0.2) is 35.4 Å². The zero-order valence-corrected chi connectivity index (χ0v) is 22.5. The number of carbonyl (C=O) groups is 2. The van der Waals surface area contributed by atoms with Crippen molar-refractivity contribution < 1.29 is 27.5 Å². The molecule has 0 spiro atoms. The minimum atomic E-state index is -4.52. The fraction of sp³-hybridized carbons (Fsp3) is 0.536. The number of alkyl halides is 3. The molecule has 1 fully saturated rings. The van der Waals surface area contributed by atoms with Crippen LogP contribution >= 0.6 is 11.6 Å². The number of ether oxygens (including phenoxy) is 1. The normalized spacial score (nSPS) is 15.1. The van der Waals surface area contributed by atoms with Crippen molar-refractivity contribution >= 4 is 29.2 Å². The van der Waals surface area contributed by atoms with Gasteiger partial charge in [-0.2, -0.15) is 13.2 Å². The molecule has 2 heterocycles. The Morgan fingerprint density at radius 3 is 2.24 bits per heavy atom. The monoisotopic (exact) mass is 538 g/mol. The van der Waals surface area contributed by atoms with Gasteiger partial charge in [-0.3, -0.25) is 9.59 Å². The van der Waals surface area contributed by atoms with Gasteiger partial charge in [-0.05, 0) is 75.3 Å². The molecule has 0 amide bonds. The molecule has 1 saturated heterocycles. The maximum absolute atomic E-state index is 13.2. The molecule has 1 atom stereocenters. The van der Waals surface area contributed by atoms with Gasteiger partial charge in [0.1, 0.15) is 22.9 Å². The summed E-state index contributed by atoms with van der Waals surface area (Å²) < 4.78 is 45.0. The second-order valence-corrected chi connectivity index (χ2v) is 10.9. The lowest BCUT2D eigenvalue weighted by Gasteiger charge is -2.22. The van der Waals surface area contributed by atoms with Gasteiger partial charge in [-0.1, -0.05) is 36.7 Å². The van der Waals surface area contributed by atoms with Crippen molar-refractivity contribution in [3.05, 3.63) is 57.7 Å². The van der Waals surface area contributed by atoms with E-state index in [-0.39, 0.29) is 24.6 Å². The Morgan fingerprint density at radius 1 is 1.03 bits per heavy atom. The molecule has 1 aromatic carbocycles. The Morgan fingerprint density at radius 2 is 1.65 bits per heavy atom. The first-order valence-corrected chi connectivity index (χ1v) is 13.0. The summed E-state index contributed by atoms with van der Waals surface area (Å²) in [4.78, 5) is 30.8. The number of esters is 1. The summed E-state index contributed by atoms with van der Waals surface area (Å²) in [6.45, 7) is 8.54. The third-order valence-electron chi connectivity index (χ3n) is 6.37. The summed E-state index contributed by atoms with van der Waals surface area (Å²) in [6, 6.07) is 7.81. The number of carbonyl (C=O) groups excluding carboxylic acids is 2. The second-order valence-electron chi connectivity index (χ2n) is 10.5. The average molecular weight is 539 g/mol. The molecule has 5 nitrogen and oxygen atoms in total. The second kappa shape index (κ2) is 11.8. The first-order valence-electron chi connectivity index (χ1n) is 12.6. The van der Waals surface area contributed by atoms with Crippen LogP contribution in [-0.2, 0) is 33.3 Å². The molecule has 0 N–H and O–H groups in total. The number of pyridine rings is 1. The number of halogens is 4. The Kier molecular flexibility index (Phi) is 9.27. The summed E-state index contributed by atoms with van der Waals surface area (Å²) in [7, 11) is 0. The van der Waals surface area contributed by atoms with E-state index >= 15 is 0 Å². The van der Waals surface area contributed by atoms with E-state index < -0.39 is 23.4 Å². The van der Waals surface area contributed by atoms with Gasteiger partial charge in [0.2, 0.25) is 0 Å². The molecule has 0 bridgehead atoms. The van der Waals surface area contributed by atoms with E-state index in [4.69, 9.17) is 16.3 Å². The molecule has 0 radical (unpaired) electrons. The maximum atomic E-state index is 13.2. The van der Waals surface area contributed by atoms with Crippen LogP contribution in [0.4, 0.5) is 19.0 Å². The first-order chi connectivity index (χ1) is 17.2. The minimum absolute atomic E-state index is 0.0372. The number of hydrogen-bond acceptors (Lipinski definition) is 5. The van der Waals surface area contributed by atoms with E-state index in [9.17, 15) is 22.8 Å². The lowest BCUT2D eigenvalue weighted by molar-refractivity contribution is -0.154. The number of aryl methyl sites for hydroxylation is 2. The van der Waals surface area contributed by atoms with Crippen LogP contribution < -0.4 is 4.90 Å². The highest BCUT2D eigenvalue weighted by atomic mass is 35.5. The van der Waals surface area contributed by atoms with E-state index in [1.165, 1.54) is 6.07 Å². The number of nitrogens with zero attached hydrogens (tertiary/aromatic N) is 2. The topological polar surface area (TPSA) is 59.5 Å². The lowest BCUT2D eigenvalue weighted by atomic mass is 9.92. The Balaban J connectivity index is 1.65. The van der Waals surface area contributed by atoms with E-state index in [2.05, 4.69) is 4.98 Å². The highest BCUT2D eigenvalue weighted by Gasteiger charge is 2.34. The van der Waals surface area contributed by atoms with Gasteiger partial charge in [-0.15, -0.1) is 0 Å². The summed E-state index contributed by atoms with van der Waals surface area (Å²) >= 11 is 6.44. The number of hydrogen-bond donors (Lipinski definition) is 0. The molecule has 1 aliphatic heterocycles. The molecular weight excluding hydrogens is 505 g/mol. The van der Waals surface area contributed by atoms with Gasteiger partial charge in [0.25, 0.3) is 0 Å². The quantitative estimate of drug-likeness (QED) is 0.324. The summed E-state index contributed by atoms with van der Waals surface area (Å²) in [5.74, 6) is -0.452. The van der Waals surface area contributed by atoms with Crippen LogP contribution in [0.25, 0.3) is 0 Å². The number of rotatable bonds is 9. The Bertz CT molecular complexity index is 1120. The first kappa shape index (κ1) is 29.0. The van der Waals surface area contributed by atoms with Crippen molar-refractivity contribution in [2.75, 3.05) is 18.0 Å². The van der Waals surface area contributed by atoms with Gasteiger partial charge in [0.15, 0.2) is 0 Å². The van der Waals surface area contributed by atoms with Crippen molar-refractivity contribution in [2.45, 2.75) is 83.9 Å². The number of aromatic nitrogens is 1. The zero-order valence-electron chi connectivity index (χ0n) is 21.8. The van der Waals surface area contributed by atoms with Gasteiger partial charge in [-0.25, -0.2) is 4.98 Å². The number of ketones is 1. The predicted molar refractivity (Wildman–Crippen MR) is 138 cm³/mol. The molecule has 0 aliphatic carbocycles. The molecule has 3 rings (SSSR count). The van der Waals surface area contributed by atoms with Crippen molar-refractivity contribution in [1.82, 2.24) is 4.98 Å². The summed E-state index contributed by atoms with van der Waals surface area (Å²) in [5, 5.41) is 0.476. The highest BCUT2D eigenvalue weighted by Crippen LogP contribution is 2.33. The maximum Gasteiger partial charge on any atom is 0.433 e. The van der Waals surface area contributed by atoms with Gasteiger partial charge >= 0.3 is 12.1 Å². The van der Waals surface area contributed by atoms with Gasteiger partial charge in [0.05, 0.1) is 0 Å². The van der Waals surface area contributed by atoms with Crippen molar-refractivity contribution in [2.24, 2.45) is 0 Å². The van der Waals surface area contributed by atoms with Crippen LogP contribution in [0.5, 0.6) is 0 Å². The third-order valence-corrected chi connectivity index (χ3v) is 6.72. The van der Waals surface area contributed by atoms with E-state index in [0.29, 0.717) is 42.3 Å². The predicted octanol–water partition coefficient (Wildman–Crippen LogP) is 6.93. The molecule has 9 heteroatoms. The molecule has 202 valence electrons. The SMILES string of the molecule is CC(C(=O)CCc1ccc(C(F)(F)F)nc1N1CCCC1)c1ccc(CCC(=O)OC(C)(C)C)c(Cl)c1. The minimum Gasteiger partial charge on any atom is -0.460 e. The van der Waals surface area contributed by atoms with E-state index in [1.807, 2.05) is 37.8 Å². The molecule has 1 aliphatic rings. The molecular formula is C28H34ClF3N2O3. The number of anilines is 1. The van der Waals surface area contributed by atoms with Gasteiger partial charge < -0.3 is 9.64 Å². The summed E-state index contributed by atoms with van der Waals surface area (Å²) in [5.41, 5.74) is 0.722. The van der Waals surface area contributed by atoms with Crippen LogP contribution in [0, 0.1) is 0 Å². The van der Waals surface area contributed by atoms with E-state index in [1.54, 1.807) is 13.0 Å². The third kappa shape index (κ3) is 8.19. The van der Waals surface area contributed by atoms with Gasteiger partial charge in [0, 0.05) is 36.9 Å². The van der Waals surface area contributed by atoms with Crippen LogP contribution in [0.2, 0.25) is 5.02 Å². The largest absolute Gasteiger partial charge is 0.460 e. The molecule has 37 heavy (non-hydrogen) atoms. The summed E-state index contributed by atoms with van der Waals surface area (Å²) in [6.07, 6.45) is -1.60. The fourth-order valence-corrected chi connectivity index (χ4v) is 4.64.